The Morgan fingerprint density at radius 2 is 0.600 bits per heavy atom. The Labute approximate surface area is 459 Å². The second-order valence-corrected chi connectivity index (χ2v) is 17.4. The third kappa shape index (κ3) is 30.3. The van der Waals surface area contributed by atoms with Crippen LogP contribution >= 0.6 is 0 Å². The van der Waals surface area contributed by atoms with E-state index in [0.29, 0.717) is 0 Å². The van der Waals surface area contributed by atoms with E-state index in [9.17, 15) is 88.2 Å². The minimum absolute atomic E-state index is 0.0890. The van der Waals surface area contributed by atoms with E-state index in [4.69, 9.17) is 47.7 Å². The van der Waals surface area contributed by atoms with Crippen molar-refractivity contribution >= 4 is 71.4 Å². The predicted octanol–water partition coefficient (Wildman–Crippen LogP) is -4.67. The summed E-state index contributed by atoms with van der Waals surface area (Å²) < 4.78 is 45.2. The molecule has 0 atom stereocenters. The van der Waals surface area contributed by atoms with Crippen molar-refractivity contribution in [3.63, 3.8) is 0 Å². The van der Waals surface area contributed by atoms with Gasteiger partial charge in [-0.3, -0.25) is 57.5 Å². The maximum absolute atomic E-state index is 13.0. The highest BCUT2D eigenvalue weighted by Crippen LogP contribution is 2.26. The van der Waals surface area contributed by atoms with Gasteiger partial charge in [0.05, 0.1) is 89.6 Å². The molecule has 0 saturated carbocycles. The van der Waals surface area contributed by atoms with Crippen LogP contribution in [0.1, 0.15) is 90.4 Å². The number of ether oxygens (including phenoxy) is 9. The van der Waals surface area contributed by atoms with Gasteiger partial charge in [-0.05, 0) is 6.42 Å². The molecule has 0 aliphatic rings. The minimum Gasteiger partial charge on any atom is -0.465 e. The lowest BCUT2D eigenvalue weighted by Crippen LogP contribution is -2.57. The Bertz CT molecular complexity index is 2110. The topological polar surface area (TPSA) is 445 Å². The Hall–Kier alpha value is -7.92. The maximum atomic E-state index is 13.0. The summed E-state index contributed by atoms with van der Waals surface area (Å²) in [5.41, 5.74) is -7.80. The zero-order chi connectivity index (χ0) is 60.6. The van der Waals surface area contributed by atoms with E-state index in [2.05, 4.69) is 47.9 Å². The average molecular weight is 1140 g/mol. The predicted molar refractivity (Wildman–Crippen MR) is 264 cm³/mol. The molecular weight excluding hydrogens is 1070 g/mol. The monoisotopic (exact) mass is 1140 g/mol. The summed E-state index contributed by atoms with van der Waals surface area (Å²) in [6.45, 7) is -9.21. The van der Waals surface area contributed by atoms with Gasteiger partial charge in [0, 0.05) is 19.3 Å². The third-order valence-corrected chi connectivity index (χ3v) is 10.8. The molecule has 0 bridgehead atoms. The van der Waals surface area contributed by atoms with E-state index in [-0.39, 0.29) is 26.2 Å². The van der Waals surface area contributed by atoms with E-state index in [1.807, 2.05) is 0 Å². The number of aliphatic hydroxyl groups excluding tert-OH is 6. The van der Waals surface area contributed by atoms with Gasteiger partial charge in [0.1, 0.15) is 57.3 Å². The number of hydrogen-bond acceptors (Lipinski definition) is 27. The highest BCUT2D eigenvalue weighted by Gasteiger charge is 2.38. The summed E-state index contributed by atoms with van der Waals surface area (Å²) in [5, 5.41) is 66.0. The standard InChI is InChI=1S/C50H69N3O27/c1-5-21-72-38(63)12-9-35(60)51-48(24-54,25-55)33-78-44(69)17-15-41(66)75-30-47(8-4,32-77-43(68)19-20-46(71)80-50(28-58,29-59)53-37(62)11-14-40(65)74-23-7-3)31-76-42(67)16-18-45(70)79-34-49(26-56,27-57)52-36(61)10-13-39(64)73-22-6-2/h1-3,54-59H,8-34H2,4H3,(H,51,60)(H,52,61)(H,53,62). The van der Waals surface area contributed by atoms with Crippen LogP contribution in [0.2, 0.25) is 0 Å². The van der Waals surface area contributed by atoms with Gasteiger partial charge in [-0.15, -0.1) is 19.3 Å². The fraction of sp³-hybridized carbons (Fsp3) is 0.640. The van der Waals surface area contributed by atoms with Gasteiger partial charge in [-0.25, -0.2) is 0 Å². The van der Waals surface area contributed by atoms with Gasteiger partial charge in [-0.2, -0.15) is 0 Å². The van der Waals surface area contributed by atoms with Gasteiger partial charge >= 0.3 is 53.7 Å². The third-order valence-electron chi connectivity index (χ3n) is 10.8. The second-order valence-electron chi connectivity index (χ2n) is 17.4. The van der Waals surface area contributed by atoms with Crippen molar-refractivity contribution in [2.45, 2.75) is 107 Å². The summed E-state index contributed by atoms with van der Waals surface area (Å²) in [6.07, 6.45) is 8.06. The van der Waals surface area contributed by atoms with Gasteiger partial charge in [0.25, 0.3) is 0 Å². The fourth-order valence-electron chi connectivity index (χ4n) is 5.81. The number of esters is 9. The zero-order valence-electron chi connectivity index (χ0n) is 44.1. The van der Waals surface area contributed by atoms with Crippen LogP contribution in [0.5, 0.6) is 0 Å². The summed E-state index contributed by atoms with van der Waals surface area (Å²) in [7, 11) is 0. The van der Waals surface area contributed by atoms with Crippen LogP contribution < -0.4 is 16.0 Å². The van der Waals surface area contributed by atoms with Crippen molar-refractivity contribution in [3.05, 3.63) is 0 Å². The van der Waals surface area contributed by atoms with Crippen molar-refractivity contribution < 1.29 is 131 Å². The van der Waals surface area contributed by atoms with Gasteiger partial charge < -0.3 is 89.2 Å². The van der Waals surface area contributed by atoms with Crippen molar-refractivity contribution in [1.82, 2.24) is 16.0 Å². The first-order valence-electron chi connectivity index (χ1n) is 24.3. The number of terminal acetylenes is 3. The lowest BCUT2D eigenvalue weighted by atomic mass is 9.88. The van der Waals surface area contributed by atoms with Crippen molar-refractivity contribution in [2.75, 3.05) is 92.5 Å². The number of amides is 3. The molecule has 0 saturated heterocycles. The maximum Gasteiger partial charge on any atom is 0.308 e. The first-order chi connectivity index (χ1) is 38.0. The lowest BCUT2D eigenvalue weighted by Gasteiger charge is -2.31. The fourth-order valence-corrected chi connectivity index (χ4v) is 5.81. The molecule has 0 aromatic heterocycles. The van der Waals surface area contributed by atoms with Crippen LogP contribution in [0, 0.1) is 42.4 Å². The van der Waals surface area contributed by atoms with E-state index in [1.54, 1.807) is 0 Å². The highest BCUT2D eigenvalue weighted by molar-refractivity contribution is 5.84. The van der Waals surface area contributed by atoms with Crippen LogP contribution in [-0.2, 0) is 100 Å². The van der Waals surface area contributed by atoms with Gasteiger partial charge in [-0.1, -0.05) is 24.7 Å². The molecule has 3 amide bonds. The molecule has 0 spiro atoms. The van der Waals surface area contributed by atoms with E-state index >= 15 is 0 Å². The summed E-state index contributed by atoms with van der Waals surface area (Å²) in [5.74, 6) is -5.48. The molecule has 0 rings (SSSR count). The lowest BCUT2D eigenvalue weighted by molar-refractivity contribution is -0.180. The smallest absolute Gasteiger partial charge is 0.308 e. The first-order valence-corrected chi connectivity index (χ1v) is 24.3. The summed E-state index contributed by atoms with van der Waals surface area (Å²) in [6, 6.07) is 0. The molecule has 0 unspecified atom stereocenters. The number of aliphatic hydroxyl groups is 6. The van der Waals surface area contributed by atoms with Crippen molar-refractivity contribution in [2.24, 2.45) is 5.41 Å². The molecule has 80 heavy (non-hydrogen) atoms. The first kappa shape index (κ1) is 72.1. The molecule has 30 heteroatoms. The Morgan fingerprint density at radius 1 is 0.350 bits per heavy atom. The number of carbonyl (C=O) groups is 12. The Kier molecular flexibility index (Phi) is 35.5. The van der Waals surface area contributed by atoms with Crippen molar-refractivity contribution in [1.29, 1.82) is 0 Å². The second kappa shape index (κ2) is 39.4. The van der Waals surface area contributed by atoms with Crippen LogP contribution in [0.25, 0.3) is 0 Å². The summed E-state index contributed by atoms with van der Waals surface area (Å²) in [4.78, 5) is 149. The number of hydrogen-bond donors (Lipinski definition) is 9. The molecule has 9 N–H and O–H groups in total. The van der Waals surface area contributed by atoms with Crippen molar-refractivity contribution in [3.8, 4) is 37.0 Å². The molecule has 30 nitrogen and oxygen atoms in total. The minimum atomic E-state index is -2.40. The number of carbonyl (C=O) groups excluding carboxylic acids is 12. The zero-order valence-corrected chi connectivity index (χ0v) is 44.1. The molecule has 0 aromatic carbocycles. The van der Waals surface area contributed by atoms with Crippen LogP contribution in [-0.4, -0.2) is 211 Å². The molecule has 446 valence electrons. The summed E-state index contributed by atoms with van der Waals surface area (Å²) >= 11 is 0. The molecule has 0 aliphatic carbocycles. The largest absolute Gasteiger partial charge is 0.465 e. The molecule has 0 aliphatic heterocycles. The average Bonchev–Trinajstić information content (AvgIpc) is 3.45. The van der Waals surface area contributed by atoms with Crippen LogP contribution in [0.3, 0.4) is 0 Å². The van der Waals surface area contributed by atoms with Crippen LogP contribution in [0.15, 0.2) is 0 Å². The van der Waals surface area contributed by atoms with Gasteiger partial charge in [0.2, 0.25) is 23.4 Å². The molecular formula is C50H69N3O27. The van der Waals surface area contributed by atoms with Gasteiger partial charge in [0.15, 0.2) is 19.8 Å². The molecule has 0 radical (unpaired) electrons. The highest BCUT2D eigenvalue weighted by atomic mass is 16.6. The normalized spacial score (nSPS) is 11.1. The van der Waals surface area contributed by atoms with Crippen LogP contribution in [0.4, 0.5) is 0 Å². The van der Waals surface area contributed by atoms with E-state index in [1.165, 1.54) is 6.92 Å². The quantitative estimate of drug-likeness (QED) is 0.0120. The Morgan fingerprint density at radius 3 is 0.863 bits per heavy atom. The molecule has 0 aromatic rings. The number of nitrogens with one attached hydrogen (secondary N) is 3. The molecule has 0 heterocycles. The van der Waals surface area contributed by atoms with E-state index in [0.717, 1.165) is 0 Å². The molecule has 0 fully saturated rings. The number of rotatable bonds is 42. The Balaban J connectivity index is 5.93. The van der Waals surface area contributed by atoms with E-state index < -0.39 is 243 Å². The SMILES string of the molecule is C#CCOC(=O)CCC(=O)NC(CO)(CO)COC(=O)CCC(=O)OCC(CC)(COC(=O)CCC(=O)OCC(CO)(CO)NC(=O)CCC(=O)OCC#C)COC(=O)CCC(=O)OC(CO)(CO)NC(=O)CCC(=O)OCC#C.